The normalized spacial score (nSPS) is 17.3. The van der Waals surface area contributed by atoms with E-state index in [0.29, 0.717) is 16.9 Å². The molecular weight excluding hydrogens is 278 g/mol. The van der Waals surface area contributed by atoms with Crippen molar-refractivity contribution < 1.29 is 23.0 Å². The first-order chi connectivity index (χ1) is 10.1. The van der Waals surface area contributed by atoms with Gasteiger partial charge in [-0.05, 0) is 18.2 Å². The van der Waals surface area contributed by atoms with Crippen LogP contribution in [0, 0.1) is 0 Å². The smallest absolute Gasteiger partial charge is 0.387 e. The summed E-state index contributed by atoms with van der Waals surface area (Å²) >= 11 is 0. The lowest BCUT2D eigenvalue weighted by Crippen LogP contribution is -2.21. The van der Waals surface area contributed by atoms with Crippen molar-refractivity contribution in [2.45, 2.75) is 19.1 Å². The van der Waals surface area contributed by atoms with Crippen molar-refractivity contribution >= 4 is 5.78 Å². The maximum Gasteiger partial charge on any atom is 0.387 e. The maximum absolute atomic E-state index is 12.5. The van der Waals surface area contributed by atoms with E-state index in [1.54, 1.807) is 42.5 Å². The van der Waals surface area contributed by atoms with E-state index < -0.39 is 12.7 Å². The number of Topliss-reactive ketones (excluding diaryl/α,β-unsaturated/α-hetero) is 1. The summed E-state index contributed by atoms with van der Waals surface area (Å²) in [6, 6.07) is 13.3. The number of halogens is 2. The van der Waals surface area contributed by atoms with Gasteiger partial charge in [0, 0.05) is 5.56 Å². The maximum atomic E-state index is 12.5. The van der Waals surface area contributed by atoms with E-state index in [9.17, 15) is 13.6 Å². The van der Waals surface area contributed by atoms with Gasteiger partial charge in [-0.2, -0.15) is 8.78 Å². The summed E-state index contributed by atoms with van der Waals surface area (Å²) in [7, 11) is 0. The van der Waals surface area contributed by atoms with Crippen molar-refractivity contribution in [3.8, 4) is 11.5 Å². The summed E-state index contributed by atoms with van der Waals surface area (Å²) in [4.78, 5) is 12.1. The van der Waals surface area contributed by atoms with Gasteiger partial charge in [-0.25, -0.2) is 0 Å². The predicted octanol–water partition coefficient (Wildman–Crippen LogP) is 3.99. The second kappa shape index (κ2) is 5.52. The number of hydrogen-bond donors (Lipinski definition) is 0. The average Bonchev–Trinajstić information content (AvgIpc) is 2.47. The molecule has 0 fully saturated rings. The molecule has 0 amide bonds. The third-order valence-electron chi connectivity index (χ3n) is 3.31. The topological polar surface area (TPSA) is 35.5 Å². The van der Waals surface area contributed by atoms with Gasteiger partial charge in [-0.15, -0.1) is 0 Å². The molecule has 108 valence electrons. The van der Waals surface area contributed by atoms with Crippen LogP contribution in [-0.4, -0.2) is 12.4 Å². The lowest BCUT2D eigenvalue weighted by Gasteiger charge is -2.26. The molecule has 3 nitrogen and oxygen atoms in total. The summed E-state index contributed by atoms with van der Waals surface area (Å²) in [5, 5.41) is 0. The highest BCUT2D eigenvalue weighted by molar-refractivity contribution is 6.00. The molecule has 0 saturated carbocycles. The van der Waals surface area contributed by atoms with Gasteiger partial charge in [0.15, 0.2) is 5.78 Å². The summed E-state index contributed by atoms with van der Waals surface area (Å²) < 4.78 is 35.2. The second-order valence-electron chi connectivity index (χ2n) is 4.65. The molecule has 0 radical (unpaired) electrons. The van der Waals surface area contributed by atoms with Crippen molar-refractivity contribution in [1.29, 1.82) is 0 Å². The van der Waals surface area contributed by atoms with E-state index in [-0.39, 0.29) is 18.0 Å². The molecule has 5 heteroatoms. The number of fused-ring (bicyclic) bond motifs is 1. The molecule has 21 heavy (non-hydrogen) atoms. The Hall–Kier alpha value is -2.43. The van der Waals surface area contributed by atoms with Crippen LogP contribution in [0.2, 0.25) is 0 Å². The number of rotatable bonds is 3. The van der Waals surface area contributed by atoms with Crippen molar-refractivity contribution in [2.75, 3.05) is 0 Å². The molecule has 1 aliphatic heterocycles. The van der Waals surface area contributed by atoms with Gasteiger partial charge in [-0.1, -0.05) is 30.3 Å². The average molecular weight is 290 g/mol. The van der Waals surface area contributed by atoms with Crippen molar-refractivity contribution in [2.24, 2.45) is 0 Å². The van der Waals surface area contributed by atoms with E-state index in [1.165, 1.54) is 6.07 Å². The van der Waals surface area contributed by atoms with Crippen LogP contribution in [0.3, 0.4) is 0 Å². The SMILES string of the molecule is O=C1CC(c2ccccc2OC(F)F)Oc2ccccc21. The molecule has 2 aromatic rings. The minimum absolute atomic E-state index is 0.0321. The van der Waals surface area contributed by atoms with Crippen LogP contribution >= 0.6 is 0 Å². The highest BCUT2D eigenvalue weighted by Crippen LogP contribution is 2.38. The van der Waals surface area contributed by atoms with Crippen LogP contribution in [0.15, 0.2) is 48.5 Å². The lowest BCUT2D eigenvalue weighted by molar-refractivity contribution is -0.0513. The lowest BCUT2D eigenvalue weighted by atomic mass is 9.96. The van der Waals surface area contributed by atoms with E-state index in [4.69, 9.17) is 4.74 Å². The molecule has 1 atom stereocenters. The van der Waals surface area contributed by atoms with E-state index in [2.05, 4.69) is 4.74 Å². The largest absolute Gasteiger partial charge is 0.484 e. The van der Waals surface area contributed by atoms with Gasteiger partial charge in [0.05, 0.1) is 12.0 Å². The van der Waals surface area contributed by atoms with Crippen LogP contribution < -0.4 is 9.47 Å². The number of alkyl halides is 2. The molecule has 1 heterocycles. The van der Waals surface area contributed by atoms with Crippen LogP contribution in [0.4, 0.5) is 8.78 Å². The third-order valence-corrected chi connectivity index (χ3v) is 3.31. The van der Waals surface area contributed by atoms with Crippen LogP contribution in [0.25, 0.3) is 0 Å². The fourth-order valence-electron chi connectivity index (χ4n) is 2.40. The van der Waals surface area contributed by atoms with E-state index in [0.717, 1.165) is 0 Å². The molecule has 0 bridgehead atoms. The monoisotopic (exact) mass is 290 g/mol. The minimum atomic E-state index is -2.92. The molecular formula is C16H12F2O3. The molecule has 0 spiro atoms. The van der Waals surface area contributed by atoms with Crippen molar-refractivity contribution in [3.63, 3.8) is 0 Å². The van der Waals surface area contributed by atoms with Gasteiger partial charge in [0.1, 0.15) is 17.6 Å². The molecule has 1 aliphatic rings. The number of ketones is 1. The fraction of sp³-hybridized carbons (Fsp3) is 0.188. The van der Waals surface area contributed by atoms with Crippen LogP contribution in [-0.2, 0) is 0 Å². The van der Waals surface area contributed by atoms with E-state index >= 15 is 0 Å². The Labute approximate surface area is 120 Å². The minimum Gasteiger partial charge on any atom is -0.484 e. The highest BCUT2D eigenvalue weighted by atomic mass is 19.3. The standard InChI is InChI=1S/C16H12F2O3/c17-16(18)21-14-8-4-2-6-11(14)15-9-12(19)10-5-1-3-7-13(10)20-15/h1-8,15-16H,9H2. The molecule has 0 N–H and O–H groups in total. The number of para-hydroxylation sites is 2. The van der Waals surface area contributed by atoms with E-state index in [1.807, 2.05) is 0 Å². The van der Waals surface area contributed by atoms with Crippen molar-refractivity contribution in [3.05, 3.63) is 59.7 Å². The molecule has 2 aromatic carbocycles. The Bertz CT molecular complexity index is 670. The third kappa shape index (κ3) is 2.72. The first-order valence-corrected chi connectivity index (χ1v) is 6.48. The molecule has 0 saturated heterocycles. The van der Waals surface area contributed by atoms with Crippen LogP contribution in [0.1, 0.15) is 28.4 Å². The quantitative estimate of drug-likeness (QED) is 0.857. The Morgan fingerprint density at radius 1 is 1.10 bits per heavy atom. The van der Waals surface area contributed by atoms with Gasteiger partial charge < -0.3 is 9.47 Å². The zero-order chi connectivity index (χ0) is 14.8. The summed E-state index contributed by atoms with van der Waals surface area (Å²) in [5.41, 5.74) is 0.960. The number of carbonyl (C=O) groups excluding carboxylic acids is 1. The number of benzene rings is 2. The van der Waals surface area contributed by atoms with Crippen LogP contribution in [0.5, 0.6) is 11.5 Å². The first-order valence-electron chi connectivity index (χ1n) is 6.48. The number of hydrogen-bond acceptors (Lipinski definition) is 3. The molecule has 1 unspecified atom stereocenters. The van der Waals surface area contributed by atoms with Gasteiger partial charge in [0.2, 0.25) is 0 Å². The van der Waals surface area contributed by atoms with Gasteiger partial charge >= 0.3 is 6.61 Å². The Kier molecular flexibility index (Phi) is 3.56. The summed E-state index contributed by atoms with van der Waals surface area (Å²) in [6.45, 7) is -2.92. The zero-order valence-electron chi connectivity index (χ0n) is 11.0. The van der Waals surface area contributed by atoms with Crippen molar-refractivity contribution in [1.82, 2.24) is 0 Å². The molecule has 0 aromatic heterocycles. The van der Waals surface area contributed by atoms with Gasteiger partial charge in [0.25, 0.3) is 0 Å². The predicted molar refractivity (Wildman–Crippen MR) is 71.8 cm³/mol. The number of ether oxygens (including phenoxy) is 2. The first kappa shape index (κ1) is 13.5. The highest BCUT2D eigenvalue weighted by Gasteiger charge is 2.29. The summed E-state index contributed by atoms with van der Waals surface area (Å²) in [6.07, 6.45) is -0.525. The summed E-state index contributed by atoms with van der Waals surface area (Å²) in [5.74, 6) is 0.420. The fourth-order valence-corrected chi connectivity index (χ4v) is 2.40. The zero-order valence-corrected chi connectivity index (χ0v) is 11.0. The van der Waals surface area contributed by atoms with Gasteiger partial charge in [-0.3, -0.25) is 4.79 Å². The molecule has 0 aliphatic carbocycles. The number of carbonyl (C=O) groups is 1. The second-order valence-corrected chi connectivity index (χ2v) is 4.65. The Morgan fingerprint density at radius 2 is 1.81 bits per heavy atom. The Morgan fingerprint density at radius 3 is 2.62 bits per heavy atom. The Balaban J connectivity index is 1.94. The molecule has 3 rings (SSSR count).